The van der Waals surface area contributed by atoms with Gasteiger partial charge in [-0.15, -0.1) is 0 Å². The van der Waals surface area contributed by atoms with Crippen LogP contribution in [0.25, 0.3) is 0 Å². The van der Waals surface area contributed by atoms with Crippen LogP contribution in [0.1, 0.15) is 12.8 Å². The van der Waals surface area contributed by atoms with Crippen LogP contribution < -0.4 is 10.6 Å². The molecular weight excluding hydrogens is 284 g/mol. The number of fused-ring (bicyclic) bond motifs is 1. The monoisotopic (exact) mass is 296 g/mol. The van der Waals surface area contributed by atoms with Crippen LogP contribution in [0, 0.1) is 0 Å². The molecule has 0 atom stereocenters. The molecule has 5 heteroatoms. The Labute approximate surface area is 108 Å². The van der Waals surface area contributed by atoms with E-state index < -0.39 is 5.54 Å². The van der Waals surface area contributed by atoms with Gasteiger partial charge in [0.2, 0.25) is 5.91 Å². The van der Waals surface area contributed by atoms with Gasteiger partial charge in [-0.05, 0) is 18.2 Å². The van der Waals surface area contributed by atoms with E-state index in [-0.39, 0.29) is 5.91 Å². The summed E-state index contributed by atoms with van der Waals surface area (Å²) in [6.45, 7) is 1.26. The van der Waals surface area contributed by atoms with Crippen molar-refractivity contribution >= 4 is 33.2 Å². The molecule has 90 valence electrons. The molecule has 0 bridgehead atoms. The largest absolute Gasteiger partial charge is 0.381 e. The Morgan fingerprint density at radius 3 is 2.76 bits per heavy atom. The molecule has 1 spiro atoms. The summed E-state index contributed by atoms with van der Waals surface area (Å²) in [6, 6.07) is 5.81. The Hall–Kier alpha value is -1.07. The highest BCUT2D eigenvalue weighted by atomic mass is 79.9. The van der Waals surface area contributed by atoms with Gasteiger partial charge in [0.1, 0.15) is 5.54 Å². The molecule has 1 saturated heterocycles. The van der Waals surface area contributed by atoms with Crippen molar-refractivity contribution in [2.75, 3.05) is 23.8 Å². The van der Waals surface area contributed by atoms with E-state index in [1.807, 2.05) is 18.2 Å². The molecule has 2 heterocycles. The lowest BCUT2D eigenvalue weighted by Crippen LogP contribution is -2.55. The average molecular weight is 297 g/mol. The van der Waals surface area contributed by atoms with Gasteiger partial charge in [-0.3, -0.25) is 4.79 Å². The minimum absolute atomic E-state index is 0.0515. The summed E-state index contributed by atoms with van der Waals surface area (Å²) in [5.41, 5.74) is 1.32. The average Bonchev–Trinajstić information content (AvgIpc) is 2.32. The maximum absolute atomic E-state index is 12.2. The first-order chi connectivity index (χ1) is 8.20. The number of hydrogen-bond acceptors (Lipinski definition) is 3. The second-order valence-electron chi connectivity index (χ2n) is 4.46. The van der Waals surface area contributed by atoms with Crippen LogP contribution >= 0.6 is 15.9 Å². The number of halogens is 1. The predicted octanol–water partition coefficient (Wildman–Crippen LogP) is 2.36. The van der Waals surface area contributed by atoms with Crippen LogP contribution in [0.15, 0.2) is 22.7 Å². The lowest BCUT2D eigenvalue weighted by Gasteiger charge is -2.41. The fourth-order valence-electron chi connectivity index (χ4n) is 2.36. The van der Waals surface area contributed by atoms with Gasteiger partial charge in [-0.25, -0.2) is 0 Å². The van der Waals surface area contributed by atoms with Gasteiger partial charge < -0.3 is 15.4 Å². The normalized spacial score (nSPS) is 21.6. The Balaban J connectivity index is 1.98. The van der Waals surface area contributed by atoms with Crippen LogP contribution in [0.2, 0.25) is 0 Å². The summed E-state index contributed by atoms with van der Waals surface area (Å²) in [4.78, 5) is 12.2. The third kappa shape index (κ3) is 1.83. The summed E-state index contributed by atoms with van der Waals surface area (Å²) >= 11 is 3.44. The predicted molar refractivity (Wildman–Crippen MR) is 69.2 cm³/mol. The van der Waals surface area contributed by atoms with E-state index >= 15 is 0 Å². The Morgan fingerprint density at radius 1 is 1.24 bits per heavy atom. The smallest absolute Gasteiger partial charge is 0.250 e. The number of carbonyl (C=O) groups is 1. The number of rotatable bonds is 0. The summed E-state index contributed by atoms with van der Waals surface area (Å²) in [5.74, 6) is 0.0515. The molecule has 2 aliphatic heterocycles. The first kappa shape index (κ1) is 11.0. The van der Waals surface area contributed by atoms with Gasteiger partial charge in [0, 0.05) is 30.5 Å². The summed E-state index contributed by atoms with van der Waals surface area (Å²) in [6.07, 6.45) is 1.43. The van der Waals surface area contributed by atoms with Crippen molar-refractivity contribution in [1.29, 1.82) is 0 Å². The van der Waals surface area contributed by atoms with Gasteiger partial charge in [0.25, 0.3) is 0 Å². The highest BCUT2D eigenvalue weighted by molar-refractivity contribution is 9.10. The SMILES string of the molecule is O=C1Nc2ccc(Br)cc2NC12CCOCC2. The molecular formula is C12H13BrN2O2. The summed E-state index contributed by atoms with van der Waals surface area (Å²) < 4.78 is 6.33. The number of benzene rings is 1. The quantitative estimate of drug-likeness (QED) is 0.773. The maximum Gasteiger partial charge on any atom is 0.250 e. The number of anilines is 2. The number of hydrogen-bond donors (Lipinski definition) is 2. The minimum atomic E-state index is -0.494. The molecule has 0 aromatic heterocycles. The van der Waals surface area contributed by atoms with E-state index in [2.05, 4.69) is 26.6 Å². The Morgan fingerprint density at radius 2 is 2.00 bits per heavy atom. The van der Waals surface area contributed by atoms with Gasteiger partial charge in [-0.2, -0.15) is 0 Å². The molecule has 1 aromatic rings. The van der Waals surface area contributed by atoms with Crippen molar-refractivity contribution in [2.24, 2.45) is 0 Å². The lowest BCUT2D eigenvalue weighted by molar-refractivity contribution is -0.123. The standard InChI is InChI=1S/C12H13BrN2O2/c13-8-1-2-9-10(7-8)15-12(11(16)14-9)3-5-17-6-4-12/h1-2,7,15H,3-6H2,(H,14,16). The number of carbonyl (C=O) groups excluding carboxylic acids is 1. The van der Waals surface area contributed by atoms with Crippen molar-refractivity contribution in [2.45, 2.75) is 18.4 Å². The third-order valence-corrected chi connectivity index (χ3v) is 3.88. The molecule has 1 amide bonds. The molecule has 3 rings (SSSR count). The van der Waals surface area contributed by atoms with E-state index in [4.69, 9.17) is 4.74 Å². The summed E-state index contributed by atoms with van der Waals surface area (Å²) in [7, 11) is 0. The molecule has 2 N–H and O–H groups in total. The highest BCUT2D eigenvalue weighted by Crippen LogP contribution is 2.37. The molecule has 1 fully saturated rings. The minimum Gasteiger partial charge on any atom is -0.381 e. The van der Waals surface area contributed by atoms with Crippen molar-refractivity contribution in [3.05, 3.63) is 22.7 Å². The number of ether oxygens (including phenoxy) is 1. The van der Waals surface area contributed by atoms with Crippen LogP contribution in [0.4, 0.5) is 11.4 Å². The molecule has 0 saturated carbocycles. The van der Waals surface area contributed by atoms with E-state index in [1.54, 1.807) is 0 Å². The van der Waals surface area contributed by atoms with Gasteiger partial charge in [0.05, 0.1) is 11.4 Å². The molecule has 2 aliphatic rings. The fraction of sp³-hybridized carbons (Fsp3) is 0.417. The van der Waals surface area contributed by atoms with Crippen molar-refractivity contribution in [1.82, 2.24) is 0 Å². The number of amides is 1. The van der Waals surface area contributed by atoms with E-state index in [0.29, 0.717) is 26.1 Å². The van der Waals surface area contributed by atoms with E-state index in [9.17, 15) is 4.79 Å². The van der Waals surface area contributed by atoms with Crippen LogP contribution in [0.5, 0.6) is 0 Å². The van der Waals surface area contributed by atoms with Gasteiger partial charge >= 0.3 is 0 Å². The molecule has 0 radical (unpaired) electrons. The molecule has 4 nitrogen and oxygen atoms in total. The van der Waals surface area contributed by atoms with Crippen LogP contribution in [-0.4, -0.2) is 24.7 Å². The summed E-state index contributed by atoms with van der Waals surface area (Å²) in [5, 5.41) is 6.35. The van der Waals surface area contributed by atoms with Crippen LogP contribution in [0.3, 0.4) is 0 Å². The maximum atomic E-state index is 12.2. The molecule has 0 unspecified atom stereocenters. The Kier molecular flexibility index (Phi) is 2.60. The zero-order chi connectivity index (χ0) is 11.9. The van der Waals surface area contributed by atoms with Gasteiger partial charge in [0.15, 0.2) is 0 Å². The number of nitrogens with one attached hydrogen (secondary N) is 2. The van der Waals surface area contributed by atoms with E-state index in [1.165, 1.54) is 0 Å². The molecule has 1 aromatic carbocycles. The van der Waals surface area contributed by atoms with Gasteiger partial charge in [-0.1, -0.05) is 15.9 Å². The topological polar surface area (TPSA) is 50.4 Å². The van der Waals surface area contributed by atoms with E-state index in [0.717, 1.165) is 15.8 Å². The first-order valence-corrected chi connectivity index (χ1v) is 6.46. The molecule has 17 heavy (non-hydrogen) atoms. The zero-order valence-electron chi connectivity index (χ0n) is 9.25. The fourth-order valence-corrected chi connectivity index (χ4v) is 2.72. The second-order valence-corrected chi connectivity index (χ2v) is 5.38. The molecule has 0 aliphatic carbocycles. The zero-order valence-corrected chi connectivity index (χ0v) is 10.8. The lowest BCUT2D eigenvalue weighted by atomic mass is 9.86. The van der Waals surface area contributed by atoms with Crippen molar-refractivity contribution in [3.8, 4) is 0 Å². The Bertz CT molecular complexity index is 470. The first-order valence-electron chi connectivity index (χ1n) is 5.67. The third-order valence-electron chi connectivity index (χ3n) is 3.38. The second kappa shape index (κ2) is 3.99. The van der Waals surface area contributed by atoms with Crippen molar-refractivity contribution < 1.29 is 9.53 Å². The van der Waals surface area contributed by atoms with Crippen LogP contribution in [-0.2, 0) is 9.53 Å². The highest BCUT2D eigenvalue weighted by Gasteiger charge is 2.43. The van der Waals surface area contributed by atoms with Crippen molar-refractivity contribution in [3.63, 3.8) is 0 Å².